The second kappa shape index (κ2) is 12.2. The van der Waals surface area contributed by atoms with Crippen LogP contribution in [0.5, 0.6) is 5.75 Å². The molecule has 0 saturated heterocycles. The van der Waals surface area contributed by atoms with Crippen LogP contribution < -0.4 is 10.1 Å². The number of aromatic carboxylic acids is 1. The fourth-order valence-electron chi connectivity index (χ4n) is 5.32. The number of ether oxygens (including phenoxy) is 1. The lowest BCUT2D eigenvalue weighted by atomic mass is 9.86. The van der Waals surface area contributed by atoms with Gasteiger partial charge >= 0.3 is 5.97 Å². The first kappa shape index (κ1) is 29.5. The molecule has 13 heteroatoms. The van der Waals surface area contributed by atoms with Crippen molar-refractivity contribution in [1.29, 1.82) is 0 Å². The van der Waals surface area contributed by atoms with Gasteiger partial charge in [-0.25, -0.2) is 13.9 Å². The molecule has 6 rings (SSSR count). The Hall–Kier alpha value is -5.62. The lowest BCUT2D eigenvalue weighted by Gasteiger charge is -2.37. The van der Waals surface area contributed by atoms with Crippen LogP contribution in [0.3, 0.4) is 0 Å². The molecule has 2 aromatic heterocycles. The molecule has 226 valence electrons. The highest BCUT2D eigenvalue weighted by Crippen LogP contribution is 2.38. The second-order valence-corrected chi connectivity index (χ2v) is 10.5. The highest BCUT2D eigenvalue weighted by atomic mass is 35.5. The smallest absolute Gasteiger partial charge is 0.335 e. The van der Waals surface area contributed by atoms with E-state index in [0.29, 0.717) is 23.4 Å². The van der Waals surface area contributed by atoms with Crippen LogP contribution in [0.15, 0.2) is 85.3 Å². The summed E-state index contributed by atoms with van der Waals surface area (Å²) in [5.41, 5.74) is 3.36. The topological polar surface area (TPSA) is 140 Å². The number of carboxylic acids is 1. The van der Waals surface area contributed by atoms with Gasteiger partial charge in [-0.3, -0.25) is 14.6 Å². The zero-order valence-electron chi connectivity index (χ0n) is 23.6. The molecular formula is C32H24ClFN6O5. The Morgan fingerprint density at radius 3 is 2.60 bits per heavy atom. The van der Waals surface area contributed by atoms with Crippen molar-refractivity contribution >= 4 is 35.1 Å². The molecule has 0 fully saturated rings. The molecule has 3 aromatic carbocycles. The van der Waals surface area contributed by atoms with E-state index in [0.717, 1.165) is 21.4 Å². The van der Waals surface area contributed by atoms with Crippen LogP contribution in [0.2, 0.25) is 5.02 Å². The number of carboxylic acid groups (broad SMARTS) is 1. The number of fused-ring (bicyclic) bond motifs is 1. The average molecular weight is 627 g/mol. The summed E-state index contributed by atoms with van der Waals surface area (Å²) in [6, 6.07) is 16.3. The van der Waals surface area contributed by atoms with Crippen molar-refractivity contribution in [3.63, 3.8) is 0 Å². The number of nitrogens with one attached hydrogen (secondary N) is 1. The van der Waals surface area contributed by atoms with E-state index in [9.17, 15) is 23.9 Å². The molecule has 1 atom stereocenters. The van der Waals surface area contributed by atoms with E-state index < -0.39 is 29.6 Å². The monoisotopic (exact) mass is 626 g/mol. The Kier molecular flexibility index (Phi) is 7.97. The maximum atomic E-state index is 14.7. The number of benzene rings is 3. The highest BCUT2D eigenvalue weighted by molar-refractivity contribution is 6.30. The van der Waals surface area contributed by atoms with Gasteiger partial charge in [-0.15, -0.1) is 5.10 Å². The second-order valence-electron chi connectivity index (χ2n) is 10.1. The summed E-state index contributed by atoms with van der Waals surface area (Å²) in [6.07, 6.45) is 4.97. The number of pyridine rings is 1. The highest BCUT2D eigenvalue weighted by Gasteiger charge is 2.38. The van der Waals surface area contributed by atoms with E-state index >= 15 is 0 Å². The molecule has 11 nitrogen and oxygen atoms in total. The first-order chi connectivity index (χ1) is 21.7. The Morgan fingerprint density at radius 2 is 1.84 bits per heavy atom. The summed E-state index contributed by atoms with van der Waals surface area (Å²) in [5.74, 6) is -2.38. The molecule has 5 aromatic rings. The quantitative estimate of drug-likeness (QED) is 0.251. The van der Waals surface area contributed by atoms with Crippen LogP contribution >= 0.6 is 11.6 Å². The normalized spacial score (nSPS) is 14.0. The molecule has 0 radical (unpaired) electrons. The number of nitrogens with zero attached hydrogens (tertiary/aromatic N) is 5. The molecule has 1 aliphatic rings. The summed E-state index contributed by atoms with van der Waals surface area (Å²) in [5, 5.41) is 19.9. The zero-order valence-corrected chi connectivity index (χ0v) is 24.4. The molecule has 2 N–H and O–H groups in total. The average Bonchev–Trinajstić information content (AvgIpc) is 3.55. The fraction of sp³-hybridized carbons (Fsp3) is 0.125. The number of carbonyl (C=O) groups is 3. The third kappa shape index (κ3) is 5.70. The molecule has 0 aliphatic carbocycles. The summed E-state index contributed by atoms with van der Waals surface area (Å²) >= 11 is 5.93. The Morgan fingerprint density at radius 1 is 1.07 bits per heavy atom. The standard InChI is InChI=1S/C32H24ClFN6O5/c1-45-21-14-19(15-35-16-21)22-4-2-5-24-23(22)12-13-39(29(24)30(41)36-20-10-8-18(9-11-20)32(43)44)31(42)26-17-40(38-37-26)27-7-3-6-25(33)28(27)34/h2-11,14-17,29H,12-13H2,1H3,(H,36,41)(H,43,44). The van der Waals surface area contributed by atoms with Gasteiger partial charge in [0, 0.05) is 24.0 Å². The first-order valence-electron chi connectivity index (χ1n) is 13.7. The van der Waals surface area contributed by atoms with Crippen LogP contribution in [-0.4, -0.2) is 61.4 Å². The van der Waals surface area contributed by atoms with Crippen molar-refractivity contribution in [1.82, 2.24) is 24.9 Å². The minimum absolute atomic E-state index is 0.00804. The van der Waals surface area contributed by atoms with Crippen molar-refractivity contribution in [3.8, 4) is 22.6 Å². The lowest BCUT2D eigenvalue weighted by molar-refractivity contribution is -0.121. The number of anilines is 1. The largest absolute Gasteiger partial charge is 0.495 e. The first-order valence-corrected chi connectivity index (χ1v) is 14.1. The molecule has 1 aliphatic heterocycles. The number of halogens is 2. The van der Waals surface area contributed by atoms with Gasteiger partial charge in [-0.1, -0.05) is 41.1 Å². The molecular weight excluding hydrogens is 603 g/mol. The lowest BCUT2D eigenvalue weighted by Crippen LogP contribution is -2.45. The maximum Gasteiger partial charge on any atom is 0.335 e. The molecule has 0 bridgehead atoms. The predicted molar refractivity (Wildman–Crippen MR) is 162 cm³/mol. The molecule has 3 heterocycles. The third-order valence-electron chi connectivity index (χ3n) is 7.48. The Balaban J connectivity index is 1.39. The minimum Gasteiger partial charge on any atom is -0.495 e. The number of methoxy groups -OCH3 is 1. The van der Waals surface area contributed by atoms with E-state index in [1.807, 2.05) is 12.1 Å². The SMILES string of the molecule is COc1cncc(-c2cccc3c2CCN(C(=O)c2cn(-c4cccc(Cl)c4F)nn2)C3C(=O)Nc2ccc(C(=O)O)cc2)c1. The zero-order chi connectivity index (χ0) is 31.7. The number of hydrogen-bond donors (Lipinski definition) is 2. The van der Waals surface area contributed by atoms with Crippen LogP contribution in [0, 0.1) is 5.82 Å². The van der Waals surface area contributed by atoms with E-state index in [-0.39, 0.29) is 28.5 Å². The van der Waals surface area contributed by atoms with Crippen molar-refractivity contribution < 1.29 is 28.6 Å². The number of amides is 2. The van der Waals surface area contributed by atoms with Gasteiger partial charge in [-0.05, 0) is 65.6 Å². The minimum atomic E-state index is -1.10. The van der Waals surface area contributed by atoms with Gasteiger partial charge < -0.3 is 20.1 Å². The van der Waals surface area contributed by atoms with Crippen LogP contribution in [0.4, 0.5) is 10.1 Å². The van der Waals surface area contributed by atoms with Crippen LogP contribution in [0.25, 0.3) is 16.8 Å². The maximum absolute atomic E-state index is 14.7. The number of aromatic nitrogens is 4. The summed E-state index contributed by atoms with van der Waals surface area (Å²) in [7, 11) is 1.55. The summed E-state index contributed by atoms with van der Waals surface area (Å²) in [4.78, 5) is 44.9. The van der Waals surface area contributed by atoms with Gasteiger partial charge in [-0.2, -0.15) is 0 Å². The Labute approximate surface area is 260 Å². The van der Waals surface area contributed by atoms with Crippen LogP contribution in [0.1, 0.15) is 38.0 Å². The molecule has 2 amide bonds. The van der Waals surface area contributed by atoms with Gasteiger partial charge in [0.05, 0.1) is 30.1 Å². The van der Waals surface area contributed by atoms with Gasteiger partial charge in [0.2, 0.25) is 0 Å². The predicted octanol–water partition coefficient (Wildman–Crippen LogP) is 5.21. The van der Waals surface area contributed by atoms with Gasteiger partial charge in [0.1, 0.15) is 17.5 Å². The molecule has 45 heavy (non-hydrogen) atoms. The summed E-state index contributed by atoms with van der Waals surface area (Å²) in [6.45, 7) is 0.147. The van der Waals surface area contributed by atoms with Crippen molar-refractivity contribution in [2.75, 3.05) is 19.0 Å². The molecule has 0 spiro atoms. The third-order valence-corrected chi connectivity index (χ3v) is 7.77. The van der Waals surface area contributed by atoms with Crippen molar-refractivity contribution in [2.45, 2.75) is 12.5 Å². The van der Waals surface area contributed by atoms with E-state index in [4.69, 9.17) is 16.3 Å². The van der Waals surface area contributed by atoms with Crippen molar-refractivity contribution in [2.24, 2.45) is 0 Å². The number of rotatable bonds is 7. The van der Waals surface area contributed by atoms with E-state index in [1.165, 1.54) is 47.5 Å². The molecule has 0 saturated carbocycles. The Bertz CT molecular complexity index is 1950. The van der Waals surface area contributed by atoms with Gasteiger partial charge in [0.15, 0.2) is 11.5 Å². The number of carbonyl (C=O) groups excluding carboxylic acids is 2. The molecule has 1 unspecified atom stereocenters. The van der Waals surface area contributed by atoms with Crippen LogP contribution in [-0.2, 0) is 11.2 Å². The number of hydrogen-bond acceptors (Lipinski definition) is 7. The van der Waals surface area contributed by atoms with Crippen molar-refractivity contribution in [3.05, 3.63) is 119 Å². The van der Waals surface area contributed by atoms with E-state index in [1.54, 1.807) is 37.7 Å². The van der Waals surface area contributed by atoms with E-state index in [2.05, 4.69) is 20.6 Å². The fourth-order valence-corrected chi connectivity index (χ4v) is 5.49. The summed E-state index contributed by atoms with van der Waals surface area (Å²) < 4.78 is 21.1. The van der Waals surface area contributed by atoms with Gasteiger partial charge in [0.25, 0.3) is 11.8 Å².